The largest absolute Gasteiger partial charge is 0.459 e. The highest BCUT2D eigenvalue weighted by Crippen LogP contribution is 2.24. The quantitative estimate of drug-likeness (QED) is 0.875. The van der Waals surface area contributed by atoms with Gasteiger partial charge in [0.05, 0.1) is 5.69 Å². The summed E-state index contributed by atoms with van der Waals surface area (Å²) < 4.78 is 18.1. The molecule has 6 heteroatoms. The van der Waals surface area contributed by atoms with Crippen LogP contribution in [0.2, 0.25) is 0 Å². The van der Waals surface area contributed by atoms with Crippen LogP contribution in [0.1, 0.15) is 20.8 Å². The number of nitrogens with one attached hydrogen (secondary N) is 1. The van der Waals surface area contributed by atoms with Crippen molar-refractivity contribution in [2.24, 2.45) is 0 Å². The molecule has 1 N–H and O–H groups in total. The van der Waals surface area contributed by atoms with Gasteiger partial charge in [-0.1, -0.05) is 0 Å². The highest BCUT2D eigenvalue weighted by Gasteiger charge is 2.16. The minimum atomic E-state index is -0.499. The van der Waals surface area contributed by atoms with Crippen LogP contribution in [0.3, 0.4) is 0 Å². The fourth-order valence-corrected chi connectivity index (χ4v) is 2.35. The van der Waals surface area contributed by atoms with Gasteiger partial charge in [0.25, 0.3) is 0 Å². The summed E-state index contributed by atoms with van der Waals surface area (Å²) in [6, 6.07) is 6.12. The van der Waals surface area contributed by atoms with E-state index in [1.54, 1.807) is 12.1 Å². The van der Waals surface area contributed by atoms with E-state index in [0.717, 1.165) is 11.3 Å². The molecule has 0 aliphatic rings. The number of thiazole rings is 1. The Hall–Kier alpha value is -1.95. The number of hydrogen-bond acceptors (Lipinski definition) is 5. The molecule has 0 aliphatic carbocycles. The van der Waals surface area contributed by atoms with Gasteiger partial charge in [0.1, 0.15) is 18.0 Å². The van der Waals surface area contributed by atoms with Gasteiger partial charge in [-0.15, -0.1) is 11.3 Å². The summed E-state index contributed by atoms with van der Waals surface area (Å²) in [7, 11) is 0. The first-order valence-electron chi connectivity index (χ1n) is 6.51. The van der Waals surface area contributed by atoms with Crippen molar-refractivity contribution < 1.29 is 13.9 Å². The summed E-state index contributed by atoms with van der Waals surface area (Å²) in [5.74, 6) is -0.613. The summed E-state index contributed by atoms with van der Waals surface area (Å²) in [5, 5.41) is 5.40. The molecule has 0 amide bonds. The van der Waals surface area contributed by atoms with Gasteiger partial charge < -0.3 is 10.1 Å². The van der Waals surface area contributed by atoms with Gasteiger partial charge in [-0.25, -0.2) is 9.37 Å². The lowest BCUT2D eigenvalue weighted by Crippen LogP contribution is -2.28. The zero-order chi connectivity index (χ0) is 15.5. The number of benzene rings is 1. The zero-order valence-electron chi connectivity index (χ0n) is 12.1. The fourth-order valence-electron chi connectivity index (χ4n) is 1.63. The normalized spacial score (nSPS) is 11.2. The van der Waals surface area contributed by atoms with E-state index in [9.17, 15) is 9.18 Å². The maximum Gasteiger partial charge on any atom is 0.325 e. The van der Waals surface area contributed by atoms with Crippen molar-refractivity contribution in [3.05, 3.63) is 35.5 Å². The molecule has 0 aliphatic heterocycles. The van der Waals surface area contributed by atoms with Crippen LogP contribution in [0, 0.1) is 5.82 Å². The third kappa shape index (κ3) is 4.82. The number of ether oxygens (including phenoxy) is 1. The Balaban J connectivity index is 1.94. The van der Waals surface area contributed by atoms with Gasteiger partial charge in [0.15, 0.2) is 5.13 Å². The second-order valence-electron chi connectivity index (χ2n) is 5.48. The van der Waals surface area contributed by atoms with E-state index < -0.39 is 5.60 Å². The second kappa shape index (κ2) is 6.22. The van der Waals surface area contributed by atoms with Crippen LogP contribution >= 0.6 is 11.3 Å². The average molecular weight is 308 g/mol. The molecule has 0 saturated carbocycles. The Morgan fingerprint density at radius 2 is 2.00 bits per heavy atom. The summed E-state index contributed by atoms with van der Waals surface area (Å²) in [6.07, 6.45) is 0. The lowest BCUT2D eigenvalue weighted by Gasteiger charge is -2.19. The van der Waals surface area contributed by atoms with E-state index in [1.807, 2.05) is 26.2 Å². The van der Waals surface area contributed by atoms with E-state index in [4.69, 9.17) is 4.74 Å². The maximum absolute atomic E-state index is 12.9. The average Bonchev–Trinajstić information content (AvgIpc) is 2.84. The molecule has 0 radical (unpaired) electrons. The highest BCUT2D eigenvalue weighted by molar-refractivity contribution is 7.14. The van der Waals surface area contributed by atoms with Crippen molar-refractivity contribution >= 4 is 22.4 Å². The number of nitrogens with zero attached hydrogens (tertiary/aromatic N) is 1. The van der Waals surface area contributed by atoms with Crippen LogP contribution in [0.5, 0.6) is 0 Å². The molecule has 21 heavy (non-hydrogen) atoms. The van der Waals surface area contributed by atoms with E-state index >= 15 is 0 Å². The molecule has 0 fully saturated rings. The molecule has 112 valence electrons. The molecular weight excluding hydrogens is 291 g/mol. The summed E-state index contributed by atoms with van der Waals surface area (Å²) in [6.45, 7) is 5.52. The van der Waals surface area contributed by atoms with Gasteiger partial charge in [-0.2, -0.15) is 0 Å². The van der Waals surface area contributed by atoms with Crippen LogP contribution < -0.4 is 5.32 Å². The van der Waals surface area contributed by atoms with Crippen molar-refractivity contribution in [2.75, 3.05) is 11.9 Å². The van der Waals surface area contributed by atoms with Crippen molar-refractivity contribution in [2.45, 2.75) is 26.4 Å². The van der Waals surface area contributed by atoms with Gasteiger partial charge in [0, 0.05) is 10.9 Å². The molecule has 0 unspecified atom stereocenters. The zero-order valence-corrected chi connectivity index (χ0v) is 13.0. The number of anilines is 1. The first-order chi connectivity index (χ1) is 9.83. The fraction of sp³-hybridized carbons (Fsp3) is 0.333. The number of halogens is 1. The Morgan fingerprint density at radius 3 is 2.62 bits per heavy atom. The molecule has 0 atom stereocenters. The molecule has 1 heterocycles. The van der Waals surface area contributed by atoms with Gasteiger partial charge in [-0.05, 0) is 45.0 Å². The SMILES string of the molecule is CC(C)(C)OC(=O)CNc1nc(-c2ccc(F)cc2)cs1. The first-order valence-corrected chi connectivity index (χ1v) is 7.39. The smallest absolute Gasteiger partial charge is 0.325 e. The predicted octanol–water partition coefficient (Wildman–Crippen LogP) is 3.70. The number of esters is 1. The van der Waals surface area contributed by atoms with Gasteiger partial charge >= 0.3 is 5.97 Å². The first kappa shape index (κ1) is 15.4. The predicted molar refractivity (Wildman–Crippen MR) is 81.8 cm³/mol. The molecule has 2 aromatic rings. The topological polar surface area (TPSA) is 51.2 Å². The number of carbonyl (C=O) groups excluding carboxylic acids is 1. The standard InChI is InChI=1S/C15H17FN2O2S/c1-15(2,3)20-13(19)8-17-14-18-12(9-21-14)10-4-6-11(16)7-5-10/h4-7,9H,8H2,1-3H3,(H,17,18). The third-order valence-electron chi connectivity index (χ3n) is 2.45. The molecule has 0 spiro atoms. The van der Waals surface area contributed by atoms with Crippen LogP contribution in [-0.4, -0.2) is 23.1 Å². The molecule has 0 bridgehead atoms. The number of hydrogen-bond donors (Lipinski definition) is 1. The lowest BCUT2D eigenvalue weighted by molar-refractivity contribution is -0.152. The molecule has 2 rings (SSSR count). The Kier molecular flexibility index (Phi) is 4.57. The van der Waals surface area contributed by atoms with Gasteiger partial charge in [0.2, 0.25) is 0 Å². The lowest BCUT2D eigenvalue weighted by atomic mass is 10.2. The minimum Gasteiger partial charge on any atom is -0.459 e. The van der Waals surface area contributed by atoms with Crippen LogP contribution in [0.25, 0.3) is 11.3 Å². The summed E-state index contributed by atoms with van der Waals surface area (Å²) in [5.41, 5.74) is 1.07. The maximum atomic E-state index is 12.9. The molecular formula is C15H17FN2O2S. The van der Waals surface area contributed by atoms with E-state index in [1.165, 1.54) is 23.5 Å². The van der Waals surface area contributed by atoms with E-state index in [-0.39, 0.29) is 18.3 Å². The van der Waals surface area contributed by atoms with E-state index in [0.29, 0.717) is 5.13 Å². The number of rotatable bonds is 4. The summed E-state index contributed by atoms with van der Waals surface area (Å²) >= 11 is 1.38. The summed E-state index contributed by atoms with van der Waals surface area (Å²) in [4.78, 5) is 16.0. The van der Waals surface area contributed by atoms with Crippen LogP contribution in [0.4, 0.5) is 9.52 Å². The van der Waals surface area contributed by atoms with Crippen molar-refractivity contribution in [1.29, 1.82) is 0 Å². The minimum absolute atomic E-state index is 0.0631. The van der Waals surface area contributed by atoms with Crippen molar-refractivity contribution in [3.63, 3.8) is 0 Å². The molecule has 1 aromatic heterocycles. The van der Waals surface area contributed by atoms with Crippen LogP contribution in [0.15, 0.2) is 29.6 Å². The van der Waals surface area contributed by atoms with Crippen molar-refractivity contribution in [3.8, 4) is 11.3 Å². The Labute approximate surface area is 127 Å². The number of aromatic nitrogens is 1. The van der Waals surface area contributed by atoms with E-state index in [2.05, 4.69) is 10.3 Å². The second-order valence-corrected chi connectivity index (χ2v) is 6.34. The number of carbonyl (C=O) groups is 1. The highest BCUT2D eigenvalue weighted by atomic mass is 32.1. The Morgan fingerprint density at radius 1 is 1.33 bits per heavy atom. The molecule has 4 nitrogen and oxygen atoms in total. The Bertz CT molecular complexity index is 617. The molecule has 1 aromatic carbocycles. The monoisotopic (exact) mass is 308 g/mol. The van der Waals surface area contributed by atoms with Crippen molar-refractivity contribution in [1.82, 2.24) is 4.98 Å². The van der Waals surface area contributed by atoms with Crippen LogP contribution in [-0.2, 0) is 9.53 Å². The molecule has 0 saturated heterocycles. The third-order valence-corrected chi connectivity index (χ3v) is 3.25. The van der Waals surface area contributed by atoms with Gasteiger partial charge in [-0.3, -0.25) is 4.79 Å².